The molecule has 0 aliphatic heterocycles. The predicted molar refractivity (Wildman–Crippen MR) is 67.1 cm³/mol. The molecule has 1 saturated carbocycles. The molecule has 1 rings (SSSR count). The summed E-state index contributed by atoms with van der Waals surface area (Å²) in [4.78, 5) is 2.36. The third-order valence-electron chi connectivity index (χ3n) is 3.31. The van der Waals surface area contributed by atoms with E-state index < -0.39 is 0 Å². The average molecular weight is 223 g/mol. The lowest BCUT2D eigenvalue weighted by molar-refractivity contribution is 0.298. The standard InChI is InChI=1S/C13H25N3/c1-10(2)15-13(8-14)5-6-16(4)9-12-7-11(12)3/h10-13,15H,5-7,9H2,1-4H3. The molecule has 3 unspecified atom stereocenters. The molecule has 0 spiro atoms. The van der Waals surface area contributed by atoms with Gasteiger partial charge in [-0.15, -0.1) is 0 Å². The van der Waals surface area contributed by atoms with Crippen molar-refractivity contribution < 1.29 is 0 Å². The summed E-state index contributed by atoms with van der Waals surface area (Å²) in [5.74, 6) is 1.83. The highest BCUT2D eigenvalue weighted by Crippen LogP contribution is 2.37. The van der Waals surface area contributed by atoms with E-state index in [0.717, 1.165) is 24.8 Å². The van der Waals surface area contributed by atoms with Crippen LogP contribution in [0, 0.1) is 23.2 Å². The first kappa shape index (κ1) is 13.5. The normalized spacial score (nSPS) is 25.8. The van der Waals surface area contributed by atoms with E-state index in [2.05, 4.69) is 44.1 Å². The molecule has 0 heterocycles. The van der Waals surface area contributed by atoms with Crippen LogP contribution >= 0.6 is 0 Å². The van der Waals surface area contributed by atoms with E-state index in [1.165, 1.54) is 13.0 Å². The molecule has 1 aliphatic carbocycles. The van der Waals surface area contributed by atoms with Crippen LogP contribution in [0.3, 0.4) is 0 Å². The smallest absolute Gasteiger partial charge is 0.0967 e. The molecule has 3 nitrogen and oxygen atoms in total. The first-order chi connectivity index (χ1) is 7.52. The molecule has 92 valence electrons. The van der Waals surface area contributed by atoms with Gasteiger partial charge in [0.2, 0.25) is 0 Å². The molecule has 1 N–H and O–H groups in total. The number of hydrogen-bond donors (Lipinski definition) is 1. The van der Waals surface area contributed by atoms with Gasteiger partial charge in [0.15, 0.2) is 0 Å². The number of nitrogens with zero attached hydrogens (tertiary/aromatic N) is 2. The molecule has 0 radical (unpaired) electrons. The second kappa shape index (κ2) is 6.22. The van der Waals surface area contributed by atoms with Crippen LogP contribution in [0.25, 0.3) is 0 Å². The van der Waals surface area contributed by atoms with Crippen LogP contribution in [0.1, 0.15) is 33.6 Å². The Morgan fingerprint density at radius 1 is 1.50 bits per heavy atom. The maximum Gasteiger partial charge on any atom is 0.0967 e. The van der Waals surface area contributed by atoms with Crippen LogP contribution in [-0.4, -0.2) is 37.1 Å². The molecule has 0 amide bonds. The monoisotopic (exact) mass is 223 g/mol. The third-order valence-corrected chi connectivity index (χ3v) is 3.31. The second-order valence-electron chi connectivity index (χ2n) is 5.53. The van der Waals surface area contributed by atoms with Crippen molar-refractivity contribution >= 4 is 0 Å². The van der Waals surface area contributed by atoms with E-state index in [9.17, 15) is 0 Å². The van der Waals surface area contributed by atoms with Gasteiger partial charge in [-0.25, -0.2) is 0 Å². The SMILES string of the molecule is CC(C)NC(C#N)CCN(C)CC1CC1C. The van der Waals surface area contributed by atoms with Crippen molar-refractivity contribution in [2.75, 3.05) is 20.1 Å². The highest BCUT2D eigenvalue weighted by molar-refractivity contribution is 4.91. The first-order valence-electron chi connectivity index (χ1n) is 6.37. The van der Waals surface area contributed by atoms with Crippen LogP contribution in [0.15, 0.2) is 0 Å². The molecular weight excluding hydrogens is 198 g/mol. The maximum atomic E-state index is 8.99. The molecule has 0 saturated heterocycles. The second-order valence-corrected chi connectivity index (χ2v) is 5.53. The minimum Gasteiger partial charge on any atom is -0.306 e. The summed E-state index contributed by atoms with van der Waals surface area (Å²) in [7, 11) is 2.16. The predicted octanol–water partition coefficient (Wildman–Crippen LogP) is 1.85. The van der Waals surface area contributed by atoms with Gasteiger partial charge in [-0.05, 0) is 45.6 Å². The Hall–Kier alpha value is -0.590. The molecule has 1 aliphatic rings. The lowest BCUT2D eigenvalue weighted by atomic mass is 10.2. The first-order valence-corrected chi connectivity index (χ1v) is 6.37. The largest absolute Gasteiger partial charge is 0.306 e. The molecule has 0 aromatic heterocycles. The highest BCUT2D eigenvalue weighted by Gasteiger charge is 2.32. The highest BCUT2D eigenvalue weighted by atomic mass is 15.1. The van der Waals surface area contributed by atoms with Gasteiger partial charge in [-0.1, -0.05) is 6.92 Å². The van der Waals surface area contributed by atoms with Crippen molar-refractivity contribution in [2.24, 2.45) is 11.8 Å². The Morgan fingerprint density at radius 2 is 2.12 bits per heavy atom. The lowest BCUT2D eigenvalue weighted by Gasteiger charge is -2.20. The van der Waals surface area contributed by atoms with Crippen LogP contribution in [-0.2, 0) is 0 Å². The minimum absolute atomic E-state index is 0.000855. The van der Waals surface area contributed by atoms with E-state index >= 15 is 0 Å². The Balaban J connectivity index is 2.14. The van der Waals surface area contributed by atoms with Crippen LogP contribution in [0.4, 0.5) is 0 Å². The average Bonchev–Trinajstić information content (AvgIpc) is 2.88. The summed E-state index contributed by atoms with van der Waals surface area (Å²) in [5, 5.41) is 12.3. The van der Waals surface area contributed by atoms with Gasteiger partial charge >= 0.3 is 0 Å². The van der Waals surface area contributed by atoms with E-state index in [1.54, 1.807) is 0 Å². The topological polar surface area (TPSA) is 39.1 Å². The zero-order valence-electron chi connectivity index (χ0n) is 11.0. The summed E-state index contributed by atoms with van der Waals surface area (Å²) in [6, 6.07) is 2.72. The fraction of sp³-hybridized carbons (Fsp3) is 0.923. The molecule has 0 aromatic carbocycles. The van der Waals surface area contributed by atoms with Crippen molar-refractivity contribution in [3.63, 3.8) is 0 Å². The number of nitriles is 1. The van der Waals surface area contributed by atoms with Gasteiger partial charge in [0.1, 0.15) is 0 Å². The van der Waals surface area contributed by atoms with Crippen molar-refractivity contribution in [1.82, 2.24) is 10.2 Å². The summed E-state index contributed by atoms with van der Waals surface area (Å²) in [6.45, 7) is 8.69. The summed E-state index contributed by atoms with van der Waals surface area (Å²) >= 11 is 0. The van der Waals surface area contributed by atoms with Gasteiger partial charge in [0.05, 0.1) is 12.1 Å². The Bertz CT molecular complexity index is 244. The molecular formula is C13H25N3. The van der Waals surface area contributed by atoms with Gasteiger partial charge in [-0.2, -0.15) is 5.26 Å². The quantitative estimate of drug-likeness (QED) is 0.716. The zero-order chi connectivity index (χ0) is 12.1. The lowest BCUT2D eigenvalue weighted by Crippen LogP contribution is -2.36. The van der Waals surface area contributed by atoms with Gasteiger partial charge in [0, 0.05) is 19.1 Å². The van der Waals surface area contributed by atoms with Crippen molar-refractivity contribution in [3.05, 3.63) is 0 Å². The van der Waals surface area contributed by atoms with E-state index in [0.29, 0.717) is 6.04 Å². The third kappa shape index (κ3) is 4.96. The van der Waals surface area contributed by atoms with E-state index in [4.69, 9.17) is 5.26 Å². The summed E-state index contributed by atoms with van der Waals surface area (Å²) < 4.78 is 0. The van der Waals surface area contributed by atoms with Crippen LogP contribution in [0.2, 0.25) is 0 Å². The van der Waals surface area contributed by atoms with E-state index in [1.807, 2.05) is 0 Å². The number of nitrogens with one attached hydrogen (secondary N) is 1. The van der Waals surface area contributed by atoms with Crippen molar-refractivity contribution in [3.8, 4) is 6.07 Å². The van der Waals surface area contributed by atoms with Crippen LogP contribution < -0.4 is 5.32 Å². The molecule has 3 heteroatoms. The molecule has 0 bridgehead atoms. The fourth-order valence-corrected chi connectivity index (χ4v) is 2.08. The van der Waals surface area contributed by atoms with Gasteiger partial charge in [0.25, 0.3) is 0 Å². The number of rotatable bonds is 7. The van der Waals surface area contributed by atoms with Crippen molar-refractivity contribution in [2.45, 2.75) is 45.7 Å². The van der Waals surface area contributed by atoms with Gasteiger partial charge < -0.3 is 4.90 Å². The minimum atomic E-state index is -0.000855. The molecule has 3 atom stereocenters. The Labute approximate surface area is 99.8 Å². The summed E-state index contributed by atoms with van der Waals surface area (Å²) in [5.41, 5.74) is 0. The maximum absolute atomic E-state index is 8.99. The van der Waals surface area contributed by atoms with Crippen molar-refractivity contribution in [1.29, 1.82) is 5.26 Å². The Kier molecular flexibility index (Phi) is 5.24. The number of hydrogen-bond acceptors (Lipinski definition) is 3. The molecule has 16 heavy (non-hydrogen) atoms. The van der Waals surface area contributed by atoms with Crippen LogP contribution in [0.5, 0.6) is 0 Å². The Morgan fingerprint density at radius 3 is 2.56 bits per heavy atom. The van der Waals surface area contributed by atoms with E-state index in [-0.39, 0.29) is 6.04 Å². The zero-order valence-corrected chi connectivity index (χ0v) is 11.0. The fourth-order valence-electron chi connectivity index (χ4n) is 2.08. The van der Waals surface area contributed by atoms with Gasteiger partial charge in [-0.3, -0.25) is 5.32 Å². The molecule has 0 aromatic rings. The summed E-state index contributed by atoms with van der Waals surface area (Å²) in [6.07, 6.45) is 2.31. The molecule has 1 fully saturated rings.